The van der Waals surface area contributed by atoms with Gasteiger partial charge in [0.2, 0.25) is 10.0 Å². The minimum absolute atomic E-state index is 0.321. The lowest BCUT2D eigenvalue weighted by Gasteiger charge is -2.26. The first-order valence-corrected chi connectivity index (χ1v) is 9.61. The van der Waals surface area contributed by atoms with Crippen molar-refractivity contribution in [1.29, 1.82) is 0 Å². The fourth-order valence-electron chi connectivity index (χ4n) is 2.57. The van der Waals surface area contributed by atoms with Crippen LogP contribution in [0.1, 0.15) is 0 Å². The van der Waals surface area contributed by atoms with Gasteiger partial charge in [0.15, 0.2) is 4.80 Å². The van der Waals surface area contributed by atoms with E-state index in [1.165, 1.54) is 4.31 Å². The Bertz CT molecular complexity index is 845. The molecule has 0 N–H and O–H groups in total. The second-order valence-corrected chi connectivity index (χ2v) is 8.00. The largest absolute Gasteiger partial charge is 0.379 e. The van der Waals surface area contributed by atoms with Gasteiger partial charge in [-0.05, 0) is 17.7 Å². The maximum Gasteiger partial charge on any atom is 0.243 e. The molecule has 0 radical (unpaired) electrons. The van der Waals surface area contributed by atoms with E-state index in [9.17, 15) is 8.42 Å². The highest BCUT2D eigenvalue weighted by Gasteiger charge is 2.26. The van der Waals surface area contributed by atoms with E-state index >= 15 is 0 Å². The molecule has 2 aromatic rings. The number of hydrogen-bond acceptors (Lipinski definition) is 5. The van der Waals surface area contributed by atoms with E-state index in [1.54, 1.807) is 30.5 Å². The molecular weight excluding hydrogens is 334 g/mol. The third-order valence-electron chi connectivity index (χ3n) is 3.87. The molecular formula is C15H19N3O3S2. The molecule has 0 atom stereocenters. The van der Waals surface area contributed by atoms with E-state index in [1.807, 2.05) is 29.1 Å². The van der Waals surface area contributed by atoms with Gasteiger partial charge in [-0.3, -0.25) is 4.99 Å². The van der Waals surface area contributed by atoms with Gasteiger partial charge in [-0.2, -0.15) is 4.31 Å². The zero-order chi connectivity index (χ0) is 16.4. The lowest BCUT2D eigenvalue weighted by Crippen LogP contribution is -2.40. The van der Waals surface area contributed by atoms with Crippen molar-refractivity contribution in [2.75, 3.05) is 33.4 Å². The lowest BCUT2D eigenvalue weighted by molar-refractivity contribution is 0.0730. The van der Waals surface area contributed by atoms with Crippen molar-refractivity contribution in [3.05, 3.63) is 34.4 Å². The van der Waals surface area contributed by atoms with Gasteiger partial charge in [-0.1, -0.05) is 12.1 Å². The molecule has 0 unspecified atom stereocenters. The Morgan fingerprint density at radius 3 is 2.39 bits per heavy atom. The number of benzene rings is 1. The lowest BCUT2D eigenvalue weighted by atomic mass is 10.2. The fourth-order valence-corrected chi connectivity index (χ4v) is 4.85. The number of sulfonamides is 1. The Balaban J connectivity index is 1.91. The number of hydrogen-bond donors (Lipinski definition) is 0. The molecule has 1 aromatic heterocycles. The van der Waals surface area contributed by atoms with Crippen molar-refractivity contribution in [3.63, 3.8) is 0 Å². The van der Waals surface area contributed by atoms with Gasteiger partial charge in [0.05, 0.1) is 23.8 Å². The molecule has 0 amide bonds. The summed E-state index contributed by atoms with van der Waals surface area (Å²) >= 11 is 1.56. The van der Waals surface area contributed by atoms with Crippen LogP contribution in [0.25, 0.3) is 11.3 Å². The first kappa shape index (κ1) is 16.4. The molecule has 3 rings (SSSR count). The first-order chi connectivity index (χ1) is 11.0. The van der Waals surface area contributed by atoms with Gasteiger partial charge in [0.25, 0.3) is 0 Å². The molecule has 8 heteroatoms. The standard InChI is InChI=1S/C15H19N3O3S2/c1-16-15-17(2)14(11-22-15)12-3-5-13(6-4-12)23(19,20)18-7-9-21-10-8-18/h3-6,11H,7-10H2,1-2H3. The van der Waals surface area contributed by atoms with E-state index < -0.39 is 10.0 Å². The summed E-state index contributed by atoms with van der Waals surface area (Å²) in [5.41, 5.74) is 1.99. The summed E-state index contributed by atoms with van der Waals surface area (Å²) in [6.45, 7) is 1.71. The minimum atomic E-state index is -3.44. The minimum Gasteiger partial charge on any atom is -0.379 e. The summed E-state index contributed by atoms with van der Waals surface area (Å²) in [7, 11) is 0.269. The monoisotopic (exact) mass is 353 g/mol. The van der Waals surface area contributed by atoms with Crippen LogP contribution in [-0.4, -0.2) is 50.6 Å². The van der Waals surface area contributed by atoms with Gasteiger partial charge in [-0.15, -0.1) is 11.3 Å². The van der Waals surface area contributed by atoms with Crippen molar-refractivity contribution in [2.45, 2.75) is 4.90 Å². The highest BCUT2D eigenvalue weighted by atomic mass is 32.2. The molecule has 0 aliphatic carbocycles. The van der Waals surface area contributed by atoms with E-state index in [0.717, 1.165) is 16.1 Å². The Labute approximate surface area is 139 Å². The highest BCUT2D eigenvalue weighted by molar-refractivity contribution is 7.89. The van der Waals surface area contributed by atoms with Gasteiger partial charge in [0, 0.05) is 32.6 Å². The Kier molecular flexibility index (Phi) is 4.67. The molecule has 23 heavy (non-hydrogen) atoms. The number of morpholine rings is 1. The normalized spacial score (nSPS) is 17.6. The molecule has 0 saturated carbocycles. The van der Waals surface area contributed by atoms with E-state index in [0.29, 0.717) is 31.2 Å². The zero-order valence-electron chi connectivity index (χ0n) is 13.1. The van der Waals surface area contributed by atoms with Crippen LogP contribution in [0.5, 0.6) is 0 Å². The average molecular weight is 353 g/mol. The van der Waals surface area contributed by atoms with Gasteiger partial charge < -0.3 is 9.30 Å². The van der Waals surface area contributed by atoms with Crippen LogP contribution in [0.4, 0.5) is 0 Å². The van der Waals surface area contributed by atoms with Crippen LogP contribution >= 0.6 is 11.3 Å². The third kappa shape index (κ3) is 3.12. The van der Waals surface area contributed by atoms with Crippen molar-refractivity contribution < 1.29 is 13.2 Å². The van der Waals surface area contributed by atoms with Crippen molar-refractivity contribution in [3.8, 4) is 11.3 Å². The highest BCUT2D eigenvalue weighted by Crippen LogP contribution is 2.23. The second kappa shape index (κ2) is 6.56. The van der Waals surface area contributed by atoms with E-state index in [-0.39, 0.29) is 0 Å². The molecule has 1 aliphatic heterocycles. The van der Waals surface area contributed by atoms with E-state index in [4.69, 9.17) is 4.74 Å². The maximum atomic E-state index is 12.6. The zero-order valence-corrected chi connectivity index (χ0v) is 14.7. The molecule has 124 valence electrons. The van der Waals surface area contributed by atoms with Crippen molar-refractivity contribution in [2.24, 2.45) is 12.0 Å². The number of thiazole rings is 1. The first-order valence-electron chi connectivity index (χ1n) is 7.29. The van der Waals surface area contributed by atoms with Crippen LogP contribution < -0.4 is 4.80 Å². The number of aromatic nitrogens is 1. The molecule has 6 nitrogen and oxygen atoms in total. The molecule has 0 bridgehead atoms. The van der Waals surface area contributed by atoms with Crippen molar-refractivity contribution in [1.82, 2.24) is 8.87 Å². The summed E-state index contributed by atoms with van der Waals surface area (Å²) in [5, 5.41) is 2.02. The Hall–Kier alpha value is -1.48. The predicted octanol–water partition coefficient (Wildman–Crippen LogP) is 1.31. The molecule has 1 aliphatic rings. The summed E-state index contributed by atoms with van der Waals surface area (Å²) in [4.78, 5) is 5.44. The summed E-state index contributed by atoms with van der Waals surface area (Å²) in [6, 6.07) is 7.02. The quantitative estimate of drug-likeness (QED) is 0.836. The molecule has 1 saturated heterocycles. The van der Waals surface area contributed by atoms with Crippen LogP contribution in [0, 0.1) is 0 Å². The summed E-state index contributed by atoms with van der Waals surface area (Å²) in [5.74, 6) is 0. The topological polar surface area (TPSA) is 63.9 Å². The molecule has 2 heterocycles. The number of rotatable bonds is 3. The molecule has 1 aromatic carbocycles. The van der Waals surface area contributed by atoms with E-state index in [2.05, 4.69) is 4.99 Å². The number of nitrogens with zero attached hydrogens (tertiary/aromatic N) is 3. The Morgan fingerprint density at radius 1 is 1.17 bits per heavy atom. The third-order valence-corrected chi connectivity index (χ3v) is 6.79. The van der Waals surface area contributed by atoms with Gasteiger partial charge in [0.1, 0.15) is 0 Å². The number of ether oxygens (including phenoxy) is 1. The van der Waals surface area contributed by atoms with Gasteiger partial charge >= 0.3 is 0 Å². The SMILES string of the molecule is CN=c1scc(-c2ccc(S(=O)(=O)N3CCOCC3)cc2)n1C. The fraction of sp³-hybridized carbons (Fsp3) is 0.400. The second-order valence-electron chi connectivity index (χ2n) is 5.23. The average Bonchev–Trinajstić information content (AvgIpc) is 2.96. The summed E-state index contributed by atoms with van der Waals surface area (Å²) < 4.78 is 33.9. The van der Waals surface area contributed by atoms with Crippen molar-refractivity contribution >= 4 is 21.4 Å². The molecule has 1 fully saturated rings. The Morgan fingerprint density at radius 2 is 1.83 bits per heavy atom. The van der Waals surface area contributed by atoms with Crippen LogP contribution in [0.2, 0.25) is 0 Å². The van der Waals surface area contributed by atoms with Crippen LogP contribution in [0.3, 0.4) is 0 Å². The van der Waals surface area contributed by atoms with Crippen LogP contribution in [-0.2, 0) is 21.8 Å². The smallest absolute Gasteiger partial charge is 0.243 e. The van der Waals surface area contributed by atoms with Gasteiger partial charge in [-0.25, -0.2) is 8.42 Å². The van der Waals surface area contributed by atoms with Crippen LogP contribution in [0.15, 0.2) is 39.5 Å². The molecule has 0 spiro atoms. The summed E-state index contributed by atoms with van der Waals surface area (Å²) in [6.07, 6.45) is 0. The maximum absolute atomic E-state index is 12.6. The predicted molar refractivity (Wildman–Crippen MR) is 89.8 cm³/mol.